The summed E-state index contributed by atoms with van der Waals surface area (Å²) >= 11 is 1.45. The Hall–Kier alpha value is -2.88. The van der Waals surface area contributed by atoms with Crippen molar-refractivity contribution in [3.8, 4) is 5.75 Å². The van der Waals surface area contributed by atoms with Crippen LogP contribution in [0, 0.1) is 0 Å². The van der Waals surface area contributed by atoms with Crippen molar-refractivity contribution in [1.82, 2.24) is 30.2 Å². The largest absolute Gasteiger partial charge is 0.497 e. The van der Waals surface area contributed by atoms with E-state index in [1.54, 1.807) is 18.5 Å². The summed E-state index contributed by atoms with van der Waals surface area (Å²) in [4.78, 5) is 31.3. The first-order valence-corrected chi connectivity index (χ1v) is 8.03. The van der Waals surface area contributed by atoms with Gasteiger partial charge in [0.25, 0.3) is 5.91 Å². The average Bonchev–Trinajstić information content (AvgIpc) is 3.06. The molecule has 0 radical (unpaired) electrons. The van der Waals surface area contributed by atoms with Crippen molar-refractivity contribution in [3.05, 3.63) is 30.4 Å². The summed E-state index contributed by atoms with van der Waals surface area (Å²) in [5.41, 5.74) is 7.22. The first-order valence-electron chi connectivity index (χ1n) is 7.05. The molecule has 0 aliphatic rings. The van der Waals surface area contributed by atoms with Crippen LogP contribution >= 0.6 is 11.8 Å². The van der Waals surface area contributed by atoms with Crippen LogP contribution < -0.4 is 15.8 Å². The summed E-state index contributed by atoms with van der Waals surface area (Å²) in [5, 5.41) is 3.50. The molecule has 24 heavy (non-hydrogen) atoms. The molecule has 3 aromatic heterocycles. The van der Waals surface area contributed by atoms with E-state index in [1.165, 1.54) is 25.1 Å². The Morgan fingerprint density at radius 2 is 2.29 bits per heavy atom. The molecule has 1 amide bonds. The van der Waals surface area contributed by atoms with Gasteiger partial charge in [-0.2, -0.15) is 4.98 Å². The molecule has 124 valence electrons. The lowest BCUT2D eigenvalue weighted by molar-refractivity contribution is 0.0951. The van der Waals surface area contributed by atoms with E-state index in [9.17, 15) is 4.79 Å². The van der Waals surface area contributed by atoms with Gasteiger partial charge in [-0.3, -0.25) is 9.78 Å². The van der Waals surface area contributed by atoms with Crippen LogP contribution in [-0.4, -0.2) is 50.2 Å². The number of methoxy groups -OCH3 is 1. The molecule has 0 aromatic carbocycles. The molecule has 3 heterocycles. The number of carbonyl (C=O) groups excluding carboxylic acids is 1. The van der Waals surface area contributed by atoms with Crippen molar-refractivity contribution in [3.63, 3.8) is 0 Å². The zero-order chi connectivity index (χ0) is 16.9. The number of nitrogens with two attached hydrogens (primary N) is 1. The fourth-order valence-electron chi connectivity index (χ4n) is 1.99. The van der Waals surface area contributed by atoms with Crippen LogP contribution in [0.25, 0.3) is 11.2 Å². The third-order valence-corrected chi connectivity index (χ3v) is 4.07. The molecule has 0 bridgehead atoms. The standard InChI is InChI=1S/C14H15N7O2S/c1-23-8-2-3-16-9(6-8)12(22)17-4-5-24-13-10-11(19-7-18-10)20-14(15)21-13/h2-3,6-7H,4-5H2,1H3,(H,17,22)(H3,15,18,19,20,21). The number of rotatable bonds is 6. The molecule has 10 heteroatoms. The van der Waals surface area contributed by atoms with E-state index in [0.717, 1.165) is 5.52 Å². The minimum atomic E-state index is -0.261. The quantitative estimate of drug-likeness (QED) is 0.340. The minimum Gasteiger partial charge on any atom is -0.497 e. The number of fused-ring (bicyclic) bond motifs is 1. The van der Waals surface area contributed by atoms with E-state index in [2.05, 4.69) is 30.2 Å². The summed E-state index contributed by atoms with van der Waals surface area (Å²) in [6, 6.07) is 3.27. The Morgan fingerprint density at radius 1 is 1.42 bits per heavy atom. The van der Waals surface area contributed by atoms with Crippen LogP contribution in [0.3, 0.4) is 0 Å². The zero-order valence-electron chi connectivity index (χ0n) is 12.8. The number of anilines is 1. The highest BCUT2D eigenvalue weighted by molar-refractivity contribution is 7.99. The first kappa shape index (κ1) is 16.0. The highest BCUT2D eigenvalue weighted by Crippen LogP contribution is 2.23. The van der Waals surface area contributed by atoms with Gasteiger partial charge in [-0.25, -0.2) is 9.97 Å². The van der Waals surface area contributed by atoms with Crippen molar-refractivity contribution >= 4 is 34.8 Å². The maximum atomic E-state index is 12.0. The number of carbonyl (C=O) groups is 1. The molecule has 4 N–H and O–H groups in total. The van der Waals surface area contributed by atoms with Crippen LogP contribution in [0.1, 0.15) is 10.5 Å². The normalized spacial score (nSPS) is 10.7. The van der Waals surface area contributed by atoms with Gasteiger partial charge in [-0.05, 0) is 6.07 Å². The Kier molecular flexibility index (Phi) is 4.75. The predicted molar refractivity (Wildman–Crippen MR) is 89.9 cm³/mol. The first-order chi connectivity index (χ1) is 11.7. The number of hydrogen-bond donors (Lipinski definition) is 3. The lowest BCUT2D eigenvalue weighted by atomic mass is 10.3. The van der Waals surface area contributed by atoms with Crippen LogP contribution in [-0.2, 0) is 0 Å². The van der Waals surface area contributed by atoms with E-state index in [0.29, 0.717) is 34.4 Å². The van der Waals surface area contributed by atoms with Crippen molar-refractivity contribution in [2.45, 2.75) is 5.03 Å². The maximum Gasteiger partial charge on any atom is 0.270 e. The summed E-state index contributed by atoms with van der Waals surface area (Å²) in [6.07, 6.45) is 3.07. The summed E-state index contributed by atoms with van der Waals surface area (Å²) < 4.78 is 5.07. The average molecular weight is 345 g/mol. The molecule has 0 aliphatic heterocycles. The van der Waals surface area contributed by atoms with Gasteiger partial charge < -0.3 is 20.8 Å². The molecular weight excluding hydrogens is 330 g/mol. The van der Waals surface area contributed by atoms with Crippen molar-refractivity contribution in [2.75, 3.05) is 25.1 Å². The van der Waals surface area contributed by atoms with Gasteiger partial charge in [0.15, 0.2) is 5.65 Å². The van der Waals surface area contributed by atoms with E-state index < -0.39 is 0 Å². The van der Waals surface area contributed by atoms with Gasteiger partial charge >= 0.3 is 0 Å². The number of ether oxygens (including phenoxy) is 1. The number of thioether (sulfide) groups is 1. The number of amides is 1. The van der Waals surface area contributed by atoms with Crippen molar-refractivity contribution in [1.29, 1.82) is 0 Å². The Morgan fingerprint density at radius 3 is 3.12 bits per heavy atom. The summed E-state index contributed by atoms with van der Waals surface area (Å²) in [6.45, 7) is 0.446. The summed E-state index contributed by atoms with van der Waals surface area (Å²) in [7, 11) is 1.54. The highest BCUT2D eigenvalue weighted by Gasteiger charge is 2.10. The SMILES string of the molecule is COc1ccnc(C(=O)NCCSc2nc(N)nc3nc[nH]c23)c1. The Labute approximate surface area is 141 Å². The van der Waals surface area contributed by atoms with Crippen molar-refractivity contribution in [2.24, 2.45) is 0 Å². The molecule has 0 fully saturated rings. The molecule has 0 aliphatic carbocycles. The molecule has 9 nitrogen and oxygen atoms in total. The van der Waals surface area contributed by atoms with Crippen LogP contribution in [0.2, 0.25) is 0 Å². The second kappa shape index (κ2) is 7.13. The van der Waals surface area contributed by atoms with Gasteiger partial charge in [0, 0.05) is 24.6 Å². The van der Waals surface area contributed by atoms with Crippen LogP contribution in [0.4, 0.5) is 5.95 Å². The number of nitrogens with zero attached hydrogens (tertiary/aromatic N) is 4. The topological polar surface area (TPSA) is 132 Å². The van der Waals surface area contributed by atoms with Crippen molar-refractivity contribution < 1.29 is 9.53 Å². The number of nitrogens with one attached hydrogen (secondary N) is 2. The second-order valence-corrected chi connectivity index (χ2v) is 5.76. The second-order valence-electron chi connectivity index (χ2n) is 4.67. The lowest BCUT2D eigenvalue weighted by Crippen LogP contribution is -2.26. The number of aromatic amines is 1. The number of imidazole rings is 1. The maximum absolute atomic E-state index is 12.0. The van der Waals surface area contributed by atoms with Crippen LogP contribution in [0.5, 0.6) is 5.75 Å². The molecule has 3 rings (SSSR count). The number of pyridine rings is 1. The molecule has 0 saturated heterocycles. The number of H-pyrrole nitrogens is 1. The molecule has 0 unspecified atom stereocenters. The fraction of sp³-hybridized carbons (Fsp3) is 0.214. The Bertz CT molecular complexity index is 867. The van der Waals surface area contributed by atoms with Gasteiger partial charge in [0.2, 0.25) is 5.95 Å². The van der Waals surface area contributed by atoms with E-state index >= 15 is 0 Å². The zero-order valence-corrected chi connectivity index (χ0v) is 13.6. The molecular formula is C14H15N7O2S. The number of hydrogen-bond acceptors (Lipinski definition) is 8. The van der Waals surface area contributed by atoms with Gasteiger partial charge in [0.1, 0.15) is 22.0 Å². The van der Waals surface area contributed by atoms with Gasteiger partial charge in [-0.15, -0.1) is 11.8 Å². The van der Waals surface area contributed by atoms with Gasteiger partial charge in [-0.1, -0.05) is 0 Å². The van der Waals surface area contributed by atoms with Gasteiger partial charge in [0.05, 0.1) is 13.4 Å². The smallest absolute Gasteiger partial charge is 0.270 e. The monoisotopic (exact) mass is 345 g/mol. The van der Waals surface area contributed by atoms with E-state index in [4.69, 9.17) is 10.5 Å². The molecule has 3 aromatic rings. The van der Waals surface area contributed by atoms with E-state index in [-0.39, 0.29) is 11.9 Å². The number of nitrogen functional groups attached to an aromatic ring is 1. The Balaban J connectivity index is 1.56. The third kappa shape index (κ3) is 3.54. The molecule has 0 saturated carbocycles. The lowest BCUT2D eigenvalue weighted by Gasteiger charge is -2.06. The highest BCUT2D eigenvalue weighted by atomic mass is 32.2. The predicted octanol–water partition coefficient (Wildman–Crippen LogP) is 0.861. The summed E-state index contributed by atoms with van der Waals surface area (Å²) in [5.74, 6) is 1.10. The van der Waals surface area contributed by atoms with E-state index in [1.807, 2.05) is 0 Å². The van der Waals surface area contributed by atoms with Crippen LogP contribution in [0.15, 0.2) is 29.7 Å². The fourth-order valence-corrected chi connectivity index (χ4v) is 2.84. The third-order valence-electron chi connectivity index (χ3n) is 3.10. The minimum absolute atomic E-state index is 0.168. The molecule has 0 atom stereocenters. The number of aromatic nitrogens is 5. The molecule has 0 spiro atoms.